The van der Waals surface area contributed by atoms with Crippen molar-refractivity contribution in [1.29, 1.82) is 0 Å². The van der Waals surface area contributed by atoms with E-state index in [1.807, 2.05) is 27.7 Å². The Bertz CT molecular complexity index is 731. The Labute approximate surface area is 242 Å². The Hall–Kier alpha value is -0.810. The zero-order chi connectivity index (χ0) is 30.4. The van der Waals surface area contributed by atoms with Crippen molar-refractivity contribution in [3.8, 4) is 0 Å². The van der Waals surface area contributed by atoms with Crippen molar-refractivity contribution < 1.29 is 43.1 Å². The first-order valence-electron chi connectivity index (χ1n) is 15.5. The molecule has 0 aromatic rings. The highest BCUT2D eigenvalue weighted by molar-refractivity contribution is 5.65. The van der Waals surface area contributed by atoms with E-state index >= 15 is 0 Å². The Kier molecular flexibility index (Phi) is 12.9. The van der Waals surface area contributed by atoms with E-state index in [2.05, 4.69) is 39.4 Å². The number of hydrogen-bond acceptors (Lipinski definition) is 9. The zero-order valence-electron chi connectivity index (χ0n) is 27.0. The number of hydrogen-bond donors (Lipinski definition) is 1. The number of esters is 1. The molecule has 0 aromatic carbocycles. The van der Waals surface area contributed by atoms with Gasteiger partial charge in [-0.1, -0.05) is 47.5 Å². The van der Waals surface area contributed by atoms with Crippen molar-refractivity contribution in [3.05, 3.63) is 0 Å². The zero-order valence-corrected chi connectivity index (χ0v) is 27.0. The van der Waals surface area contributed by atoms with E-state index in [0.29, 0.717) is 18.4 Å². The van der Waals surface area contributed by atoms with Crippen LogP contribution in [0.4, 0.5) is 0 Å². The number of fused-ring (bicyclic) bond motifs is 2. The fraction of sp³-hybridized carbons (Fsp3) is 0.968. The molecule has 9 heteroatoms. The van der Waals surface area contributed by atoms with Gasteiger partial charge >= 0.3 is 5.97 Å². The minimum absolute atomic E-state index is 0.0173. The molecule has 4 heterocycles. The van der Waals surface area contributed by atoms with Crippen molar-refractivity contribution in [3.63, 3.8) is 0 Å². The molecule has 0 radical (unpaired) electrons. The minimum atomic E-state index is -0.541. The Morgan fingerprint density at radius 2 is 1.15 bits per heavy atom. The van der Waals surface area contributed by atoms with Crippen LogP contribution >= 0.6 is 0 Å². The Morgan fingerprint density at radius 3 is 1.43 bits per heavy atom. The number of unbranched alkanes of at least 4 members (excludes halogenated alkanes) is 1. The molecule has 0 unspecified atom stereocenters. The molecule has 0 spiro atoms. The first kappa shape index (κ1) is 35.4. The van der Waals surface area contributed by atoms with Gasteiger partial charge in [-0.2, -0.15) is 0 Å². The van der Waals surface area contributed by atoms with Gasteiger partial charge < -0.3 is 38.3 Å². The van der Waals surface area contributed by atoms with Gasteiger partial charge in [0.25, 0.3) is 0 Å². The van der Waals surface area contributed by atoms with Crippen LogP contribution in [0.3, 0.4) is 0 Å². The molecule has 1 N–H and O–H groups in total. The largest absolute Gasteiger partial charge is 0.466 e. The lowest BCUT2D eigenvalue weighted by Gasteiger charge is -2.34. The summed E-state index contributed by atoms with van der Waals surface area (Å²) < 4.78 is 40.2. The molecule has 236 valence electrons. The number of rotatable bonds is 9. The number of carbonyl (C=O) groups excluding carboxylic acids is 1. The lowest BCUT2D eigenvalue weighted by Crippen LogP contribution is -2.39. The summed E-state index contributed by atoms with van der Waals surface area (Å²) >= 11 is 0. The van der Waals surface area contributed by atoms with Crippen LogP contribution in [0, 0.1) is 11.8 Å². The lowest BCUT2D eigenvalue weighted by atomic mass is 9.81. The molecule has 4 fully saturated rings. The fourth-order valence-electron chi connectivity index (χ4n) is 6.44. The Balaban J connectivity index is 0.000000234. The maximum Gasteiger partial charge on any atom is 0.302 e. The van der Waals surface area contributed by atoms with Gasteiger partial charge in [0.1, 0.15) is 12.2 Å². The summed E-state index contributed by atoms with van der Waals surface area (Å²) in [6, 6.07) is 0. The molecule has 4 aliphatic heterocycles. The molecule has 40 heavy (non-hydrogen) atoms. The van der Waals surface area contributed by atoms with Crippen LogP contribution in [0.1, 0.15) is 121 Å². The normalized spacial score (nSPS) is 38.5. The molecular weight excluding hydrogens is 516 g/mol. The first-order valence-corrected chi connectivity index (χ1v) is 15.5. The molecular formula is C31H58O9. The van der Waals surface area contributed by atoms with Crippen LogP contribution in [0.2, 0.25) is 0 Å². The van der Waals surface area contributed by atoms with E-state index in [1.165, 1.54) is 19.8 Å². The molecule has 0 saturated carbocycles. The summed E-state index contributed by atoms with van der Waals surface area (Å²) in [6.07, 6.45) is 6.81. The second-order valence-corrected chi connectivity index (χ2v) is 12.4. The number of ether oxygens (including phenoxy) is 7. The molecule has 8 atom stereocenters. The average Bonchev–Trinajstić information content (AvgIpc) is 3.52. The van der Waals surface area contributed by atoms with E-state index in [0.717, 1.165) is 32.1 Å². The van der Waals surface area contributed by atoms with Crippen molar-refractivity contribution in [2.75, 3.05) is 13.2 Å². The van der Waals surface area contributed by atoms with E-state index in [4.69, 9.17) is 33.5 Å². The van der Waals surface area contributed by atoms with Crippen molar-refractivity contribution in [1.82, 2.24) is 0 Å². The third-order valence-electron chi connectivity index (χ3n) is 8.78. The van der Waals surface area contributed by atoms with Crippen molar-refractivity contribution in [2.45, 2.75) is 169 Å². The third kappa shape index (κ3) is 8.39. The summed E-state index contributed by atoms with van der Waals surface area (Å²) in [5, 5.41) is 8.99. The van der Waals surface area contributed by atoms with E-state index in [9.17, 15) is 4.79 Å². The lowest BCUT2D eigenvalue weighted by molar-refractivity contribution is -0.234. The van der Waals surface area contributed by atoms with Crippen LogP contribution < -0.4 is 0 Å². The molecule has 0 bridgehead atoms. The summed E-state index contributed by atoms with van der Waals surface area (Å²) in [6.45, 7) is 22.6. The summed E-state index contributed by atoms with van der Waals surface area (Å²) in [4.78, 5) is 9.82. The molecule has 4 saturated heterocycles. The number of carbonyl (C=O) groups is 1. The maximum absolute atomic E-state index is 9.82. The maximum atomic E-state index is 9.82. The minimum Gasteiger partial charge on any atom is -0.466 e. The highest BCUT2D eigenvalue weighted by atomic mass is 16.8. The second kappa shape index (κ2) is 14.6. The van der Waals surface area contributed by atoms with Gasteiger partial charge in [0.2, 0.25) is 0 Å². The second-order valence-electron chi connectivity index (χ2n) is 12.4. The van der Waals surface area contributed by atoms with Gasteiger partial charge in [-0.25, -0.2) is 0 Å². The van der Waals surface area contributed by atoms with E-state index in [1.54, 1.807) is 6.92 Å². The summed E-state index contributed by atoms with van der Waals surface area (Å²) in [7, 11) is 0. The Morgan fingerprint density at radius 1 is 0.725 bits per heavy atom. The van der Waals surface area contributed by atoms with Crippen LogP contribution in [0.15, 0.2) is 0 Å². The van der Waals surface area contributed by atoms with Crippen molar-refractivity contribution >= 4 is 5.97 Å². The van der Waals surface area contributed by atoms with Gasteiger partial charge in [0.15, 0.2) is 24.2 Å². The predicted octanol–water partition coefficient (Wildman–Crippen LogP) is 6.09. The van der Waals surface area contributed by atoms with E-state index in [-0.39, 0.29) is 48.6 Å². The van der Waals surface area contributed by atoms with Crippen molar-refractivity contribution in [2.24, 2.45) is 11.8 Å². The molecule has 0 aliphatic carbocycles. The molecule has 4 rings (SSSR count). The smallest absolute Gasteiger partial charge is 0.302 e. The summed E-state index contributed by atoms with van der Waals surface area (Å²) in [5.74, 6) is -0.538. The fourth-order valence-corrected chi connectivity index (χ4v) is 6.44. The average molecular weight is 575 g/mol. The van der Waals surface area contributed by atoms with Gasteiger partial charge in [0, 0.05) is 25.4 Å². The molecule has 9 nitrogen and oxygen atoms in total. The molecule has 0 amide bonds. The van der Waals surface area contributed by atoms with Gasteiger partial charge in [-0.15, -0.1) is 0 Å². The first-order chi connectivity index (χ1) is 18.6. The predicted molar refractivity (Wildman–Crippen MR) is 152 cm³/mol. The standard InChI is InChI=1S/C14H26O3.C13H24O4.C4H8O2/c1-6-8-9-14(7-2)10(3)11-12(17-14)16-13(4,5)15-11;1-5-13(7-6-8-14)9(2)10-11(17-13)16-12(3,4)15-10;1-3-6-4(2)5/h10-12H,6-9H2,1-5H3;9-11,14H,5-8H2,1-4H3;3H2,1-2H3/t10-,11+,12-,14-;9-,10+,11-,13-;/m00./s1. The van der Waals surface area contributed by atoms with Gasteiger partial charge in [0.05, 0.1) is 17.8 Å². The van der Waals surface area contributed by atoms with E-state index < -0.39 is 11.6 Å². The topological polar surface area (TPSA) is 102 Å². The third-order valence-corrected chi connectivity index (χ3v) is 8.78. The number of aliphatic hydroxyl groups excluding tert-OH is 1. The number of aliphatic hydroxyl groups is 1. The van der Waals surface area contributed by atoms with Crippen LogP contribution in [-0.2, 0) is 38.0 Å². The monoisotopic (exact) mass is 574 g/mol. The van der Waals surface area contributed by atoms with Crippen LogP contribution in [0.25, 0.3) is 0 Å². The highest BCUT2D eigenvalue weighted by Gasteiger charge is 2.59. The van der Waals surface area contributed by atoms with Gasteiger partial charge in [-0.3, -0.25) is 4.79 Å². The summed E-state index contributed by atoms with van der Waals surface area (Å²) in [5.41, 5.74) is -0.240. The molecule has 0 aromatic heterocycles. The SMILES string of the molecule is CCCC[C@]1(CC)O[C@@H]2OC(C)(C)O[C@@H]2[C@@H]1C.CCOC(C)=O.CC[C@@]1(CCCO)O[C@@H]2OC(C)(C)O[C@@H]2[C@@H]1C. The van der Waals surface area contributed by atoms with Crippen LogP contribution in [-0.4, -0.2) is 71.9 Å². The van der Waals surface area contributed by atoms with Gasteiger partial charge in [-0.05, 0) is 66.7 Å². The quantitative estimate of drug-likeness (QED) is 0.328. The molecule has 4 aliphatic rings. The van der Waals surface area contributed by atoms with Crippen LogP contribution in [0.5, 0.6) is 0 Å². The highest BCUT2D eigenvalue weighted by Crippen LogP contribution is 2.50.